The highest BCUT2D eigenvalue weighted by atomic mass is 16.6. The monoisotopic (exact) mass is 367 g/mol. The van der Waals surface area contributed by atoms with Gasteiger partial charge in [-0.15, -0.1) is 0 Å². The third kappa shape index (κ3) is 2.96. The van der Waals surface area contributed by atoms with Gasteiger partial charge in [-0.25, -0.2) is 9.59 Å². The maximum Gasteiger partial charge on any atom is 0.341 e. The first kappa shape index (κ1) is 19.0. The third-order valence-corrected chi connectivity index (χ3v) is 5.87. The van der Waals surface area contributed by atoms with E-state index in [2.05, 4.69) is 0 Å². The number of aliphatic hydroxyl groups is 2. The van der Waals surface area contributed by atoms with Crippen LogP contribution in [0.1, 0.15) is 26.7 Å². The Balaban J connectivity index is 1.96. The summed E-state index contributed by atoms with van der Waals surface area (Å²) in [5.41, 5.74) is -1.25. The quantitative estimate of drug-likeness (QED) is 0.223. The smallest absolute Gasteiger partial charge is 0.341 e. The second-order valence-corrected chi connectivity index (χ2v) is 7.39. The molecule has 144 valence electrons. The maximum atomic E-state index is 12.9. The normalized spacial score (nSPS) is 42.4. The Morgan fingerprint density at radius 2 is 2.19 bits per heavy atom. The number of carbonyl (C=O) groups excluding carboxylic acids is 2. The van der Waals surface area contributed by atoms with Gasteiger partial charge in [0.1, 0.15) is 6.61 Å². The Morgan fingerprint density at radius 3 is 2.85 bits per heavy atom. The van der Waals surface area contributed by atoms with Gasteiger partial charge in [0.2, 0.25) is 0 Å². The van der Waals surface area contributed by atoms with Crippen molar-refractivity contribution in [1.82, 2.24) is 0 Å². The van der Waals surface area contributed by atoms with E-state index < -0.39 is 46.9 Å². The van der Waals surface area contributed by atoms with Gasteiger partial charge in [0.15, 0.2) is 17.7 Å². The summed E-state index contributed by atoms with van der Waals surface area (Å²) < 4.78 is 10.4. The molecule has 0 bridgehead atoms. The summed E-state index contributed by atoms with van der Waals surface area (Å²) in [5, 5.41) is 33.1. The second kappa shape index (κ2) is 6.77. The molecule has 2 saturated heterocycles. The van der Waals surface area contributed by atoms with Crippen LogP contribution < -0.4 is 0 Å². The molecule has 3 aliphatic rings. The average molecular weight is 367 g/mol. The van der Waals surface area contributed by atoms with Gasteiger partial charge in [-0.05, 0) is 19.4 Å². The zero-order valence-electron chi connectivity index (χ0n) is 15.0. The van der Waals surface area contributed by atoms with E-state index in [1.807, 2.05) is 0 Å². The summed E-state index contributed by atoms with van der Waals surface area (Å²) in [5.74, 6) is -2.27. The zero-order chi connectivity index (χ0) is 19.1. The molecule has 5 atom stereocenters. The molecular weight excluding hydrogens is 342 g/mol. The molecule has 8 nitrogen and oxygen atoms in total. The summed E-state index contributed by atoms with van der Waals surface area (Å²) in [6.45, 7) is 2.81. The van der Waals surface area contributed by atoms with Crippen LogP contribution in [0.2, 0.25) is 0 Å². The van der Waals surface area contributed by atoms with Crippen LogP contribution in [0.5, 0.6) is 0 Å². The largest absolute Gasteiger partial charge is 0.632 e. The van der Waals surface area contributed by atoms with Crippen molar-refractivity contribution in [2.45, 2.75) is 44.4 Å². The van der Waals surface area contributed by atoms with Crippen LogP contribution >= 0.6 is 0 Å². The minimum absolute atomic E-state index is 0.0406. The molecule has 0 amide bonds. The lowest BCUT2D eigenvalue weighted by Gasteiger charge is -2.41. The summed E-state index contributed by atoms with van der Waals surface area (Å²) in [6.07, 6.45) is 3.22. The van der Waals surface area contributed by atoms with Crippen LogP contribution in [-0.4, -0.2) is 70.8 Å². The van der Waals surface area contributed by atoms with Crippen molar-refractivity contribution >= 4 is 11.9 Å². The highest BCUT2D eigenvalue weighted by molar-refractivity contribution is 5.89. The number of aliphatic hydroxyl groups excluding tert-OH is 1. The lowest BCUT2D eigenvalue weighted by Crippen LogP contribution is -2.51. The molecule has 0 saturated carbocycles. The number of hydroxylamine groups is 3. The van der Waals surface area contributed by atoms with E-state index in [0.29, 0.717) is 18.5 Å². The van der Waals surface area contributed by atoms with E-state index in [-0.39, 0.29) is 25.1 Å². The Hall–Kier alpha value is -1.74. The highest BCUT2D eigenvalue weighted by Gasteiger charge is 2.51. The van der Waals surface area contributed by atoms with Crippen LogP contribution in [0, 0.1) is 11.1 Å². The molecule has 2 fully saturated rings. The molecule has 3 heterocycles. The van der Waals surface area contributed by atoms with Crippen molar-refractivity contribution in [3.05, 3.63) is 28.5 Å². The molecule has 0 radical (unpaired) electrons. The standard InChI is InChI=1S/C18H25NO7/c1-3-12-8-11(2)18(23,10-20)17(22)25-9-13-4-6-19(24)7-5-14(15(13)19)26-16(12)21/h3-4,11,14-15,20,23H,5-10H2,1-2H3/b12-3-/t11-,14+,15+,18+,19?/m0/s1. The third-order valence-electron chi connectivity index (χ3n) is 5.87. The SMILES string of the molecule is C/C=C1/C[C@H](C)[C@](O)(CO)C(=O)OCC2=CC[N+]3([O-])CC[C@@H](OC1=O)[C@@H]23. The second-order valence-electron chi connectivity index (χ2n) is 7.39. The summed E-state index contributed by atoms with van der Waals surface area (Å²) in [4.78, 5) is 25.0. The van der Waals surface area contributed by atoms with Crippen LogP contribution in [-0.2, 0) is 19.1 Å². The van der Waals surface area contributed by atoms with Gasteiger partial charge >= 0.3 is 11.9 Å². The fourth-order valence-electron chi connectivity index (χ4n) is 4.08. The Morgan fingerprint density at radius 1 is 1.46 bits per heavy atom. The average Bonchev–Trinajstić information content (AvgIpc) is 3.11. The van der Waals surface area contributed by atoms with Crippen LogP contribution in [0.25, 0.3) is 0 Å². The van der Waals surface area contributed by atoms with Gasteiger partial charge in [0.05, 0.1) is 19.7 Å². The van der Waals surface area contributed by atoms with Crippen molar-refractivity contribution in [1.29, 1.82) is 0 Å². The van der Waals surface area contributed by atoms with Crippen molar-refractivity contribution in [2.75, 3.05) is 26.3 Å². The van der Waals surface area contributed by atoms with Crippen molar-refractivity contribution in [2.24, 2.45) is 5.92 Å². The molecule has 2 N–H and O–H groups in total. The molecule has 3 rings (SSSR count). The Kier molecular flexibility index (Phi) is 4.96. The maximum absolute atomic E-state index is 12.9. The molecule has 0 aromatic rings. The first-order valence-electron chi connectivity index (χ1n) is 8.88. The number of cyclic esters (lactones) is 1. The molecular formula is C18H25NO7. The topological polar surface area (TPSA) is 116 Å². The van der Waals surface area contributed by atoms with E-state index in [1.54, 1.807) is 26.0 Å². The van der Waals surface area contributed by atoms with Gasteiger partial charge < -0.3 is 29.5 Å². The van der Waals surface area contributed by atoms with Crippen molar-refractivity contribution in [3.8, 4) is 0 Å². The number of esters is 2. The summed E-state index contributed by atoms with van der Waals surface area (Å²) in [6, 6.07) is -0.594. The number of nitrogens with zero attached hydrogens (tertiary/aromatic N) is 1. The minimum Gasteiger partial charge on any atom is -0.632 e. The highest BCUT2D eigenvalue weighted by Crippen LogP contribution is 2.39. The van der Waals surface area contributed by atoms with E-state index in [0.717, 1.165) is 0 Å². The predicted octanol–water partition coefficient (Wildman–Crippen LogP) is 0.178. The van der Waals surface area contributed by atoms with E-state index in [9.17, 15) is 25.0 Å². The van der Waals surface area contributed by atoms with Gasteiger partial charge in [0.25, 0.3) is 0 Å². The molecule has 0 aliphatic carbocycles. The Bertz CT molecular complexity index is 672. The fraction of sp³-hybridized carbons (Fsp3) is 0.667. The number of quaternary nitrogens is 1. The lowest BCUT2D eigenvalue weighted by molar-refractivity contribution is -0.877. The Labute approximate surface area is 151 Å². The van der Waals surface area contributed by atoms with Crippen LogP contribution in [0.15, 0.2) is 23.3 Å². The summed E-state index contributed by atoms with van der Waals surface area (Å²) >= 11 is 0. The first-order valence-corrected chi connectivity index (χ1v) is 8.88. The van der Waals surface area contributed by atoms with E-state index >= 15 is 0 Å². The van der Waals surface area contributed by atoms with Gasteiger partial charge in [-0.3, -0.25) is 0 Å². The molecule has 1 unspecified atom stereocenters. The number of ether oxygens (including phenoxy) is 2. The number of rotatable bonds is 1. The minimum atomic E-state index is -2.13. The molecule has 8 heteroatoms. The molecule has 26 heavy (non-hydrogen) atoms. The molecule has 0 spiro atoms. The zero-order valence-corrected chi connectivity index (χ0v) is 15.0. The van der Waals surface area contributed by atoms with Gasteiger partial charge in [0, 0.05) is 23.5 Å². The van der Waals surface area contributed by atoms with E-state index in [1.165, 1.54) is 0 Å². The molecule has 0 aromatic carbocycles. The fourth-order valence-corrected chi connectivity index (χ4v) is 4.08. The molecule has 3 aliphatic heterocycles. The number of allylic oxidation sites excluding steroid dienone is 1. The van der Waals surface area contributed by atoms with Crippen molar-refractivity contribution in [3.63, 3.8) is 0 Å². The molecule has 0 aromatic heterocycles. The van der Waals surface area contributed by atoms with Gasteiger partial charge in [-0.2, -0.15) is 0 Å². The van der Waals surface area contributed by atoms with Crippen molar-refractivity contribution < 1.29 is 33.9 Å². The van der Waals surface area contributed by atoms with E-state index in [4.69, 9.17) is 9.47 Å². The lowest BCUT2D eigenvalue weighted by atomic mass is 9.84. The predicted molar refractivity (Wildman–Crippen MR) is 90.3 cm³/mol. The van der Waals surface area contributed by atoms with Gasteiger partial charge in [-0.1, -0.05) is 13.0 Å². The number of carbonyl (C=O) groups is 2. The van der Waals surface area contributed by atoms with Crippen LogP contribution in [0.3, 0.4) is 0 Å². The number of hydrogen-bond acceptors (Lipinski definition) is 7. The number of hydrogen-bond donors (Lipinski definition) is 2. The summed E-state index contributed by atoms with van der Waals surface area (Å²) in [7, 11) is 0. The van der Waals surface area contributed by atoms with Crippen LogP contribution in [0.4, 0.5) is 0 Å². The first-order chi connectivity index (χ1) is 12.2.